The van der Waals surface area contributed by atoms with Crippen molar-refractivity contribution in [2.24, 2.45) is 0 Å². The Labute approximate surface area is 140 Å². The van der Waals surface area contributed by atoms with E-state index in [1.807, 2.05) is 56.2 Å². The third-order valence-corrected chi connectivity index (χ3v) is 4.98. The van der Waals surface area contributed by atoms with Crippen molar-refractivity contribution in [2.45, 2.75) is 70.1 Å². The van der Waals surface area contributed by atoms with Crippen molar-refractivity contribution < 1.29 is 15.1 Å². The summed E-state index contributed by atoms with van der Waals surface area (Å²) in [6.45, 7) is 5.99. The van der Waals surface area contributed by atoms with Crippen LogP contribution in [-0.2, 0) is 4.84 Å². The highest BCUT2D eigenvalue weighted by Crippen LogP contribution is 2.39. The van der Waals surface area contributed by atoms with E-state index in [1.165, 1.54) is 6.42 Å². The second kappa shape index (κ2) is 7.75. The molecule has 1 atom stereocenters. The van der Waals surface area contributed by atoms with Gasteiger partial charge in [-0.25, -0.2) is 0 Å². The van der Waals surface area contributed by atoms with Crippen LogP contribution >= 0.6 is 0 Å². The van der Waals surface area contributed by atoms with Crippen LogP contribution < -0.4 is 0 Å². The molecule has 1 fully saturated rings. The Hall–Kier alpha value is -0.940. The molecule has 1 unspecified atom stereocenters. The Balaban J connectivity index is 2.27. The lowest BCUT2D eigenvalue weighted by Gasteiger charge is -2.51. The van der Waals surface area contributed by atoms with Crippen molar-refractivity contribution in [3.63, 3.8) is 0 Å². The van der Waals surface area contributed by atoms with E-state index in [0.717, 1.165) is 31.2 Å². The van der Waals surface area contributed by atoms with Gasteiger partial charge in [0.25, 0.3) is 0 Å². The van der Waals surface area contributed by atoms with Gasteiger partial charge in [-0.1, -0.05) is 49.6 Å². The number of hydrogen-bond donors (Lipinski definition) is 2. The van der Waals surface area contributed by atoms with Gasteiger partial charge in [-0.05, 0) is 39.2 Å². The first-order valence-corrected chi connectivity index (χ1v) is 8.69. The van der Waals surface area contributed by atoms with Crippen LogP contribution in [0.3, 0.4) is 0 Å². The van der Waals surface area contributed by atoms with E-state index in [0.29, 0.717) is 0 Å². The predicted molar refractivity (Wildman–Crippen MR) is 91.8 cm³/mol. The zero-order valence-electron chi connectivity index (χ0n) is 14.7. The summed E-state index contributed by atoms with van der Waals surface area (Å²) in [6, 6.07) is 10.1. The fraction of sp³-hybridized carbons (Fsp3) is 0.684. The smallest absolute Gasteiger partial charge is 0.102 e. The van der Waals surface area contributed by atoms with Crippen LogP contribution in [0.1, 0.15) is 64.5 Å². The highest BCUT2D eigenvalue weighted by Gasteiger charge is 2.46. The van der Waals surface area contributed by atoms with Crippen molar-refractivity contribution >= 4 is 0 Å². The van der Waals surface area contributed by atoms with Crippen molar-refractivity contribution in [1.29, 1.82) is 0 Å². The summed E-state index contributed by atoms with van der Waals surface area (Å²) in [5.74, 6) is 0. The number of hydroxylamine groups is 2. The van der Waals surface area contributed by atoms with Gasteiger partial charge in [0.15, 0.2) is 0 Å². The van der Waals surface area contributed by atoms with Gasteiger partial charge in [0.2, 0.25) is 0 Å². The first-order valence-electron chi connectivity index (χ1n) is 8.69. The van der Waals surface area contributed by atoms with Gasteiger partial charge in [-0.3, -0.25) is 4.84 Å². The third-order valence-electron chi connectivity index (χ3n) is 4.98. The molecular formula is C19H31NO3. The predicted octanol–water partition coefficient (Wildman–Crippen LogP) is 3.45. The van der Waals surface area contributed by atoms with Crippen molar-refractivity contribution in [3.8, 4) is 0 Å². The summed E-state index contributed by atoms with van der Waals surface area (Å²) < 4.78 is 0. The molecule has 0 radical (unpaired) electrons. The zero-order valence-corrected chi connectivity index (χ0v) is 14.7. The number of aliphatic hydroxyl groups is 2. The first-order chi connectivity index (χ1) is 10.9. The molecule has 130 valence electrons. The van der Waals surface area contributed by atoms with Crippen LogP contribution in [0.2, 0.25) is 0 Å². The molecule has 0 spiro atoms. The van der Waals surface area contributed by atoms with Crippen LogP contribution in [0.4, 0.5) is 0 Å². The minimum absolute atomic E-state index is 0.0176. The molecule has 1 aliphatic rings. The van der Waals surface area contributed by atoms with Gasteiger partial charge in [0.1, 0.15) is 6.10 Å². The van der Waals surface area contributed by atoms with Crippen molar-refractivity contribution in [2.75, 3.05) is 13.2 Å². The van der Waals surface area contributed by atoms with E-state index >= 15 is 0 Å². The Morgan fingerprint density at radius 1 is 1.13 bits per heavy atom. The molecule has 0 amide bonds. The Kier molecular flexibility index (Phi) is 6.20. The SMILES string of the molecule is CC(ON(C(C)(C)CO)C1(CO)CCCCC1)c1ccccc1. The Morgan fingerprint density at radius 3 is 2.26 bits per heavy atom. The van der Waals surface area contributed by atoms with Gasteiger partial charge >= 0.3 is 0 Å². The van der Waals surface area contributed by atoms with E-state index in [1.54, 1.807) is 0 Å². The average Bonchev–Trinajstić information content (AvgIpc) is 2.60. The number of hydrogen-bond acceptors (Lipinski definition) is 4. The van der Waals surface area contributed by atoms with E-state index in [-0.39, 0.29) is 19.3 Å². The molecule has 1 saturated carbocycles. The van der Waals surface area contributed by atoms with E-state index < -0.39 is 11.1 Å². The molecule has 0 aromatic heterocycles. The summed E-state index contributed by atoms with van der Waals surface area (Å²) in [4.78, 5) is 6.34. The molecule has 4 heteroatoms. The molecule has 2 N–H and O–H groups in total. The maximum atomic E-state index is 10.2. The fourth-order valence-corrected chi connectivity index (χ4v) is 3.54. The minimum Gasteiger partial charge on any atom is -0.394 e. The van der Waals surface area contributed by atoms with E-state index in [9.17, 15) is 10.2 Å². The molecule has 0 bridgehead atoms. The van der Waals surface area contributed by atoms with Crippen molar-refractivity contribution in [3.05, 3.63) is 35.9 Å². The lowest BCUT2D eigenvalue weighted by Crippen LogP contribution is -2.62. The summed E-state index contributed by atoms with van der Waals surface area (Å²) in [7, 11) is 0. The second-order valence-electron chi connectivity index (χ2n) is 7.37. The monoisotopic (exact) mass is 321 g/mol. The molecule has 0 saturated heterocycles. The molecule has 1 aromatic carbocycles. The van der Waals surface area contributed by atoms with Crippen LogP contribution in [0.25, 0.3) is 0 Å². The number of rotatable bonds is 7. The zero-order chi connectivity index (χ0) is 16.9. The highest BCUT2D eigenvalue weighted by atomic mass is 16.7. The average molecular weight is 321 g/mol. The number of aliphatic hydroxyl groups excluding tert-OH is 2. The molecule has 0 heterocycles. The molecule has 1 aromatic rings. The first kappa shape index (κ1) is 18.4. The van der Waals surface area contributed by atoms with Crippen LogP contribution in [0.15, 0.2) is 30.3 Å². The van der Waals surface area contributed by atoms with E-state index in [4.69, 9.17) is 4.84 Å². The Bertz CT molecular complexity index is 469. The quantitative estimate of drug-likeness (QED) is 0.755. The maximum Gasteiger partial charge on any atom is 0.102 e. The number of nitrogens with zero attached hydrogens (tertiary/aromatic N) is 1. The standard InChI is InChI=1S/C19H31NO3/c1-16(17-10-6-4-7-11-17)23-20(18(2,3)14-21)19(15-22)12-8-5-9-13-19/h4,6-7,10-11,16,21-22H,5,8-9,12-15H2,1-3H3. The maximum absolute atomic E-state index is 10.2. The van der Waals surface area contributed by atoms with Gasteiger partial charge in [0.05, 0.1) is 24.3 Å². The minimum atomic E-state index is -0.552. The lowest BCUT2D eigenvalue weighted by atomic mass is 9.80. The van der Waals surface area contributed by atoms with Gasteiger partial charge in [-0.2, -0.15) is 5.06 Å². The van der Waals surface area contributed by atoms with Crippen LogP contribution in [0.5, 0.6) is 0 Å². The Morgan fingerprint density at radius 2 is 1.74 bits per heavy atom. The van der Waals surface area contributed by atoms with E-state index in [2.05, 4.69) is 0 Å². The topological polar surface area (TPSA) is 52.9 Å². The summed E-state index contributed by atoms with van der Waals surface area (Å²) in [5.41, 5.74) is 0.131. The molecule has 1 aliphatic carbocycles. The lowest BCUT2D eigenvalue weighted by molar-refractivity contribution is -0.314. The second-order valence-corrected chi connectivity index (χ2v) is 7.37. The molecule has 23 heavy (non-hydrogen) atoms. The largest absolute Gasteiger partial charge is 0.394 e. The fourth-order valence-electron chi connectivity index (χ4n) is 3.54. The number of benzene rings is 1. The van der Waals surface area contributed by atoms with Crippen LogP contribution in [0, 0.1) is 0 Å². The molecular weight excluding hydrogens is 290 g/mol. The van der Waals surface area contributed by atoms with Gasteiger partial charge < -0.3 is 10.2 Å². The molecule has 0 aliphatic heterocycles. The van der Waals surface area contributed by atoms with Gasteiger partial charge in [-0.15, -0.1) is 0 Å². The van der Waals surface area contributed by atoms with Gasteiger partial charge in [0, 0.05) is 0 Å². The summed E-state index contributed by atoms with van der Waals surface area (Å²) in [5, 5.41) is 21.9. The summed E-state index contributed by atoms with van der Waals surface area (Å²) >= 11 is 0. The highest BCUT2D eigenvalue weighted by molar-refractivity contribution is 5.16. The third kappa shape index (κ3) is 4.13. The normalized spacial score (nSPS) is 19.7. The summed E-state index contributed by atoms with van der Waals surface area (Å²) in [6.07, 6.45) is 5.03. The molecule has 2 rings (SSSR count). The molecule has 4 nitrogen and oxygen atoms in total. The van der Waals surface area contributed by atoms with Crippen molar-refractivity contribution in [1.82, 2.24) is 5.06 Å². The van der Waals surface area contributed by atoms with Crippen LogP contribution in [-0.4, -0.2) is 39.6 Å².